The quantitative estimate of drug-likeness (QED) is 0.877. The van der Waals surface area contributed by atoms with E-state index < -0.39 is 0 Å². The van der Waals surface area contributed by atoms with Gasteiger partial charge in [-0.25, -0.2) is 4.68 Å². The Kier molecular flexibility index (Phi) is 3.75. The Morgan fingerprint density at radius 2 is 2.14 bits per heavy atom. The van der Waals surface area contributed by atoms with Crippen molar-refractivity contribution >= 4 is 5.91 Å². The fourth-order valence-electron chi connectivity index (χ4n) is 2.46. The van der Waals surface area contributed by atoms with Crippen LogP contribution in [0.1, 0.15) is 28.9 Å². The molecule has 5 heteroatoms. The third kappa shape index (κ3) is 2.97. The fraction of sp³-hybridized carbons (Fsp3) is 0.375. The van der Waals surface area contributed by atoms with Crippen LogP contribution in [0, 0.1) is 12.8 Å². The molecule has 3 N–H and O–H groups in total. The molecule has 1 atom stereocenters. The molecule has 1 aromatic carbocycles. The van der Waals surface area contributed by atoms with Gasteiger partial charge < -0.3 is 11.1 Å². The van der Waals surface area contributed by atoms with Crippen molar-refractivity contribution in [3.05, 3.63) is 47.8 Å². The summed E-state index contributed by atoms with van der Waals surface area (Å²) < 4.78 is 1.77. The summed E-state index contributed by atoms with van der Waals surface area (Å²) in [6.07, 6.45) is 3.98. The molecule has 0 aliphatic heterocycles. The SMILES string of the molecule is Cc1c(C(=O)NCC(N)C2CC2)cnn1-c1ccccc1. The maximum atomic E-state index is 12.2. The van der Waals surface area contributed by atoms with Crippen LogP contribution in [0.2, 0.25) is 0 Å². The largest absolute Gasteiger partial charge is 0.350 e. The highest BCUT2D eigenvalue weighted by atomic mass is 16.1. The highest BCUT2D eigenvalue weighted by Gasteiger charge is 2.28. The molecule has 1 fully saturated rings. The van der Waals surface area contributed by atoms with Gasteiger partial charge in [0, 0.05) is 12.6 Å². The molecule has 0 radical (unpaired) electrons. The number of benzene rings is 1. The average molecular weight is 284 g/mol. The Hall–Kier alpha value is -2.14. The molecule has 2 aromatic rings. The smallest absolute Gasteiger partial charge is 0.254 e. The van der Waals surface area contributed by atoms with E-state index in [1.165, 1.54) is 12.8 Å². The third-order valence-corrected chi connectivity index (χ3v) is 3.98. The highest BCUT2D eigenvalue weighted by molar-refractivity contribution is 5.95. The summed E-state index contributed by atoms with van der Waals surface area (Å²) in [5.41, 5.74) is 8.38. The number of nitrogens with two attached hydrogens (primary N) is 1. The molecular weight excluding hydrogens is 264 g/mol. The van der Waals surface area contributed by atoms with Gasteiger partial charge in [0.25, 0.3) is 5.91 Å². The second kappa shape index (κ2) is 5.69. The minimum absolute atomic E-state index is 0.0680. The second-order valence-electron chi connectivity index (χ2n) is 5.60. The lowest BCUT2D eigenvalue weighted by Crippen LogP contribution is -2.38. The molecule has 5 nitrogen and oxygen atoms in total. The van der Waals surface area contributed by atoms with Crippen LogP contribution in [0.3, 0.4) is 0 Å². The first-order valence-electron chi connectivity index (χ1n) is 7.30. The minimum atomic E-state index is -0.106. The van der Waals surface area contributed by atoms with Gasteiger partial charge in [-0.3, -0.25) is 4.79 Å². The van der Waals surface area contributed by atoms with E-state index in [1.807, 2.05) is 37.3 Å². The van der Waals surface area contributed by atoms with Gasteiger partial charge in [0.1, 0.15) is 0 Å². The number of para-hydroxylation sites is 1. The second-order valence-corrected chi connectivity index (χ2v) is 5.60. The number of nitrogens with one attached hydrogen (secondary N) is 1. The van der Waals surface area contributed by atoms with E-state index >= 15 is 0 Å². The monoisotopic (exact) mass is 284 g/mol. The Morgan fingerprint density at radius 3 is 2.81 bits per heavy atom. The van der Waals surface area contributed by atoms with Crippen LogP contribution in [0.5, 0.6) is 0 Å². The summed E-state index contributed by atoms with van der Waals surface area (Å²) in [7, 11) is 0. The van der Waals surface area contributed by atoms with Gasteiger partial charge in [0.05, 0.1) is 23.1 Å². The Bertz CT molecular complexity index is 631. The molecule has 110 valence electrons. The van der Waals surface area contributed by atoms with Crippen LogP contribution in [0.25, 0.3) is 5.69 Å². The Labute approximate surface area is 124 Å². The van der Waals surface area contributed by atoms with Gasteiger partial charge in [-0.1, -0.05) is 18.2 Å². The van der Waals surface area contributed by atoms with Crippen LogP contribution >= 0.6 is 0 Å². The van der Waals surface area contributed by atoms with E-state index in [1.54, 1.807) is 10.9 Å². The van der Waals surface area contributed by atoms with E-state index in [0.717, 1.165) is 11.4 Å². The van der Waals surface area contributed by atoms with E-state index in [2.05, 4.69) is 10.4 Å². The lowest BCUT2D eigenvalue weighted by atomic mass is 10.2. The molecule has 1 aromatic heterocycles. The van der Waals surface area contributed by atoms with Crippen molar-refractivity contribution in [2.45, 2.75) is 25.8 Å². The average Bonchev–Trinajstić information content (AvgIpc) is 3.28. The van der Waals surface area contributed by atoms with Gasteiger partial charge >= 0.3 is 0 Å². The van der Waals surface area contributed by atoms with Gasteiger partial charge in [-0.05, 0) is 37.8 Å². The van der Waals surface area contributed by atoms with Crippen molar-refractivity contribution in [1.82, 2.24) is 15.1 Å². The molecule has 1 aliphatic rings. The van der Waals surface area contributed by atoms with Crippen LogP contribution in [0.4, 0.5) is 0 Å². The van der Waals surface area contributed by atoms with Crippen molar-refractivity contribution in [1.29, 1.82) is 0 Å². The first kappa shape index (κ1) is 13.8. The Balaban J connectivity index is 1.71. The zero-order valence-electron chi connectivity index (χ0n) is 12.1. The first-order chi connectivity index (χ1) is 10.2. The number of nitrogens with zero attached hydrogens (tertiary/aromatic N) is 2. The van der Waals surface area contributed by atoms with Gasteiger partial charge in [-0.15, -0.1) is 0 Å². The topological polar surface area (TPSA) is 72.9 Å². The fourth-order valence-corrected chi connectivity index (χ4v) is 2.46. The molecule has 1 saturated carbocycles. The first-order valence-corrected chi connectivity index (χ1v) is 7.30. The lowest BCUT2D eigenvalue weighted by Gasteiger charge is -2.11. The predicted octanol–water partition coefficient (Wildman–Crippen LogP) is 1.65. The van der Waals surface area contributed by atoms with E-state index in [-0.39, 0.29) is 11.9 Å². The lowest BCUT2D eigenvalue weighted by molar-refractivity contribution is 0.0949. The molecule has 21 heavy (non-hydrogen) atoms. The Morgan fingerprint density at radius 1 is 1.43 bits per heavy atom. The minimum Gasteiger partial charge on any atom is -0.350 e. The maximum Gasteiger partial charge on any atom is 0.254 e. The third-order valence-electron chi connectivity index (χ3n) is 3.98. The molecule has 3 rings (SSSR count). The molecular formula is C16H20N4O. The number of rotatable bonds is 5. The number of hydrogen-bond acceptors (Lipinski definition) is 3. The number of carbonyl (C=O) groups is 1. The van der Waals surface area contributed by atoms with Crippen LogP contribution < -0.4 is 11.1 Å². The van der Waals surface area contributed by atoms with Crippen molar-refractivity contribution < 1.29 is 4.79 Å². The number of carbonyl (C=O) groups excluding carboxylic acids is 1. The summed E-state index contributed by atoms with van der Waals surface area (Å²) in [4.78, 5) is 12.2. The summed E-state index contributed by atoms with van der Waals surface area (Å²) in [5.74, 6) is 0.476. The van der Waals surface area contributed by atoms with E-state index in [0.29, 0.717) is 18.0 Å². The number of hydrogen-bond donors (Lipinski definition) is 2. The molecule has 1 amide bonds. The maximum absolute atomic E-state index is 12.2. The molecule has 0 spiro atoms. The molecule has 1 aliphatic carbocycles. The normalized spacial score (nSPS) is 15.7. The van der Waals surface area contributed by atoms with E-state index in [4.69, 9.17) is 5.73 Å². The van der Waals surface area contributed by atoms with Crippen LogP contribution in [-0.4, -0.2) is 28.3 Å². The zero-order valence-corrected chi connectivity index (χ0v) is 12.1. The van der Waals surface area contributed by atoms with E-state index in [9.17, 15) is 4.79 Å². The van der Waals surface area contributed by atoms with Gasteiger partial charge in [0.2, 0.25) is 0 Å². The van der Waals surface area contributed by atoms with Crippen LogP contribution in [0.15, 0.2) is 36.5 Å². The molecule has 1 unspecified atom stereocenters. The summed E-state index contributed by atoms with van der Waals surface area (Å²) in [5, 5.41) is 7.21. The summed E-state index contributed by atoms with van der Waals surface area (Å²) in [6, 6.07) is 9.85. The highest BCUT2D eigenvalue weighted by Crippen LogP contribution is 2.31. The van der Waals surface area contributed by atoms with Gasteiger partial charge in [-0.2, -0.15) is 5.10 Å². The molecule has 0 bridgehead atoms. The number of aromatic nitrogens is 2. The molecule has 0 saturated heterocycles. The summed E-state index contributed by atoms with van der Waals surface area (Å²) in [6.45, 7) is 2.43. The summed E-state index contributed by atoms with van der Waals surface area (Å²) >= 11 is 0. The van der Waals surface area contributed by atoms with Crippen molar-refractivity contribution in [3.63, 3.8) is 0 Å². The zero-order chi connectivity index (χ0) is 14.8. The molecule has 1 heterocycles. The van der Waals surface area contributed by atoms with Crippen molar-refractivity contribution in [2.24, 2.45) is 11.7 Å². The standard InChI is InChI=1S/C16H20N4O/c1-11-14(16(21)18-10-15(17)12-7-8-12)9-19-20(11)13-5-3-2-4-6-13/h2-6,9,12,15H,7-8,10,17H2,1H3,(H,18,21). The predicted molar refractivity (Wildman–Crippen MR) is 81.3 cm³/mol. The van der Waals surface area contributed by atoms with Crippen LogP contribution in [-0.2, 0) is 0 Å². The van der Waals surface area contributed by atoms with Crippen molar-refractivity contribution in [3.8, 4) is 5.69 Å². The number of amides is 1. The van der Waals surface area contributed by atoms with Crippen molar-refractivity contribution in [2.75, 3.05) is 6.54 Å². The van der Waals surface area contributed by atoms with Gasteiger partial charge in [0.15, 0.2) is 0 Å².